The van der Waals surface area contributed by atoms with Crippen molar-refractivity contribution in [1.29, 1.82) is 0 Å². The fourth-order valence-electron chi connectivity index (χ4n) is 2.87. The summed E-state index contributed by atoms with van der Waals surface area (Å²) in [4.78, 5) is 4.65. The van der Waals surface area contributed by atoms with E-state index in [1.807, 2.05) is 13.8 Å². The Bertz CT molecular complexity index is 1020. The standard InChI is InChI=1S/C20H20BrFN2O3S/c1-13(2)20-18(21)19(15-9-11-16(22)12-10-15)23-14(3)24(20)27-28(25,26)17-7-5-4-6-8-17/h4-14H,1-3H3. The summed E-state index contributed by atoms with van der Waals surface area (Å²) in [5, 5.41) is 1.31. The van der Waals surface area contributed by atoms with Crippen molar-refractivity contribution in [2.75, 3.05) is 0 Å². The van der Waals surface area contributed by atoms with Crippen molar-refractivity contribution in [3.63, 3.8) is 0 Å². The highest BCUT2D eigenvalue weighted by Crippen LogP contribution is 2.34. The number of hydrogen-bond acceptors (Lipinski definition) is 5. The molecule has 0 fully saturated rings. The maximum Gasteiger partial charge on any atom is 0.317 e. The highest BCUT2D eigenvalue weighted by Gasteiger charge is 2.34. The highest BCUT2D eigenvalue weighted by molar-refractivity contribution is 9.12. The molecule has 8 heteroatoms. The molecule has 0 amide bonds. The molecule has 0 spiro atoms. The van der Waals surface area contributed by atoms with E-state index in [1.54, 1.807) is 37.3 Å². The van der Waals surface area contributed by atoms with Crippen molar-refractivity contribution >= 4 is 31.8 Å². The van der Waals surface area contributed by atoms with E-state index in [9.17, 15) is 12.8 Å². The van der Waals surface area contributed by atoms with Crippen molar-refractivity contribution in [1.82, 2.24) is 5.06 Å². The number of halogens is 2. The van der Waals surface area contributed by atoms with Crippen LogP contribution in [-0.2, 0) is 14.4 Å². The van der Waals surface area contributed by atoms with Crippen LogP contribution in [0.4, 0.5) is 4.39 Å². The van der Waals surface area contributed by atoms with E-state index in [1.165, 1.54) is 29.3 Å². The molecule has 148 valence electrons. The molecule has 0 bridgehead atoms. The van der Waals surface area contributed by atoms with E-state index >= 15 is 0 Å². The fourth-order valence-corrected chi connectivity index (χ4v) is 4.83. The lowest BCUT2D eigenvalue weighted by Crippen LogP contribution is -2.40. The average molecular weight is 467 g/mol. The van der Waals surface area contributed by atoms with Crippen LogP contribution in [0.2, 0.25) is 0 Å². The molecule has 0 aromatic heterocycles. The summed E-state index contributed by atoms with van der Waals surface area (Å²) in [6, 6.07) is 14.0. The summed E-state index contributed by atoms with van der Waals surface area (Å²) >= 11 is 3.55. The van der Waals surface area contributed by atoms with Crippen LogP contribution < -0.4 is 0 Å². The van der Waals surface area contributed by atoms with Crippen LogP contribution >= 0.6 is 15.9 Å². The minimum atomic E-state index is -4.02. The number of hydroxylamine groups is 2. The Labute approximate surface area is 172 Å². The molecule has 1 heterocycles. The zero-order valence-electron chi connectivity index (χ0n) is 15.6. The quantitative estimate of drug-likeness (QED) is 0.631. The zero-order valence-corrected chi connectivity index (χ0v) is 18.0. The Morgan fingerprint density at radius 3 is 2.29 bits per heavy atom. The van der Waals surface area contributed by atoms with E-state index in [-0.39, 0.29) is 16.6 Å². The van der Waals surface area contributed by atoms with Gasteiger partial charge in [0.2, 0.25) is 0 Å². The van der Waals surface area contributed by atoms with Crippen molar-refractivity contribution in [3.05, 3.63) is 76.2 Å². The van der Waals surface area contributed by atoms with Crippen molar-refractivity contribution < 1.29 is 17.1 Å². The maximum atomic E-state index is 13.3. The lowest BCUT2D eigenvalue weighted by molar-refractivity contribution is -0.0560. The molecule has 5 nitrogen and oxygen atoms in total. The van der Waals surface area contributed by atoms with Gasteiger partial charge in [0, 0.05) is 5.56 Å². The summed E-state index contributed by atoms with van der Waals surface area (Å²) in [5.41, 5.74) is 1.98. The summed E-state index contributed by atoms with van der Waals surface area (Å²) in [6.45, 7) is 5.61. The van der Waals surface area contributed by atoms with Crippen LogP contribution in [0.3, 0.4) is 0 Å². The zero-order chi connectivity index (χ0) is 20.5. The number of rotatable bonds is 5. The largest absolute Gasteiger partial charge is 0.317 e. The van der Waals surface area contributed by atoms with E-state index < -0.39 is 16.3 Å². The minimum absolute atomic E-state index is 0.0613. The third kappa shape index (κ3) is 4.19. The molecule has 3 rings (SSSR count). The molecule has 1 aliphatic heterocycles. The van der Waals surface area contributed by atoms with Crippen LogP contribution in [0.25, 0.3) is 0 Å². The summed E-state index contributed by atoms with van der Waals surface area (Å²) in [7, 11) is -4.02. The molecule has 0 radical (unpaired) electrons. The normalized spacial score (nSPS) is 17.9. The van der Waals surface area contributed by atoms with Gasteiger partial charge in [-0.2, -0.15) is 8.42 Å². The monoisotopic (exact) mass is 466 g/mol. The Balaban J connectivity index is 2.01. The second-order valence-electron chi connectivity index (χ2n) is 6.64. The molecular formula is C20H20BrFN2O3S. The van der Waals surface area contributed by atoms with E-state index in [0.717, 1.165) is 5.56 Å². The molecule has 28 heavy (non-hydrogen) atoms. The molecule has 0 aliphatic carbocycles. The lowest BCUT2D eigenvalue weighted by atomic mass is 10.0. The van der Waals surface area contributed by atoms with Gasteiger partial charge in [0.25, 0.3) is 0 Å². The topological polar surface area (TPSA) is 59.0 Å². The Morgan fingerprint density at radius 2 is 1.71 bits per heavy atom. The van der Waals surface area contributed by atoms with E-state index in [0.29, 0.717) is 15.9 Å². The van der Waals surface area contributed by atoms with Gasteiger partial charge in [-0.3, -0.25) is 4.99 Å². The summed E-state index contributed by atoms with van der Waals surface area (Å²) in [6.07, 6.45) is -0.600. The van der Waals surface area contributed by atoms with Gasteiger partial charge < -0.3 is 0 Å². The Morgan fingerprint density at radius 1 is 1.11 bits per heavy atom. The minimum Gasteiger partial charge on any atom is -0.257 e. The van der Waals surface area contributed by atoms with Crippen LogP contribution in [0.15, 0.2) is 74.7 Å². The molecule has 1 aliphatic rings. The third-order valence-electron chi connectivity index (χ3n) is 4.20. The fraction of sp³-hybridized carbons (Fsp3) is 0.250. The van der Waals surface area contributed by atoms with Crippen LogP contribution in [0.1, 0.15) is 26.3 Å². The molecule has 0 saturated heterocycles. The molecular weight excluding hydrogens is 447 g/mol. The summed E-state index contributed by atoms with van der Waals surface area (Å²) in [5.74, 6) is -0.398. The van der Waals surface area contributed by atoms with E-state index in [2.05, 4.69) is 20.9 Å². The highest BCUT2D eigenvalue weighted by atomic mass is 79.9. The molecule has 0 saturated carbocycles. The van der Waals surface area contributed by atoms with Gasteiger partial charge in [0.15, 0.2) is 0 Å². The van der Waals surface area contributed by atoms with Crippen molar-refractivity contribution in [3.8, 4) is 0 Å². The first-order valence-electron chi connectivity index (χ1n) is 8.73. The third-order valence-corrected chi connectivity index (χ3v) is 6.19. The molecule has 1 atom stereocenters. The number of aliphatic imine (C=N–C) groups is 1. The smallest absolute Gasteiger partial charge is 0.257 e. The van der Waals surface area contributed by atoms with Gasteiger partial charge in [-0.15, -0.1) is 4.28 Å². The average Bonchev–Trinajstić information content (AvgIpc) is 2.65. The van der Waals surface area contributed by atoms with Gasteiger partial charge in [-0.1, -0.05) is 32.0 Å². The molecule has 2 aromatic rings. The first kappa shape index (κ1) is 20.7. The van der Waals surface area contributed by atoms with Crippen LogP contribution in [0.5, 0.6) is 0 Å². The SMILES string of the molecule is CC(C)C1=C(Br)C(c2ccc(F)cc2)=NC(C)N1OS(=O)(=O)c1ccccc1. The molecule has 2 aromatic carbocycles. The first-order chi connectivity index (χ1) is 13.2. The van der Waals surface area contributed by atoms with Crippen LogP contribution in [0, 0.1) is 11.7 Å². The van der Waals surface area contributed by atoms with Gasteiger partial charge in [-0.25, -0.2) is 9.45 Å². The predicted molar refractivity (Wildman–Crippen MR) is 110 cm³/mol. The van der Waals surface area contributed by atoms with Crippen molar-refractivity contribution in [2.45, 2.75) is 31.8 Å². The number of hydrogen-bond donors (Lipinski definition) is 0. The second-order valence-corrected chi connectivity index (χ2v) is 8.96. The van der Waals surface area contributed by atoms with Gasteiger partial charge >= 0.3 is 10.1 Å². The van der Waals surface area contributed by atoms with Gasteiger partial charge in [-0.05, 0) is 65.2 Å². The summed E-state index contributed by atoms with van der Waals surface area (Å²) < 4.78 is 44.8. The molecule has 0 N–H and O–H groups in total. The maximum absolute atomic E-state index is 13.3. The predicted octanol–water partition coefficient (Wildman–Crippen LogP) is 4.86. The second kappa shape index (κ2) is 8.14. The first-order valence-corrected chi connectivity index (χ1v) is 10.9. The number of allylic oxidation sites excluding steroid dienone is 2. The van der Waals surface area contributed by atoms with Gasteiger partial charge in [0.1, 0.15) is 12.0 Å². The van der Waals surface area contributed by atoms with E-state index in [4.69, 9.17) is 4.28 Å². The van der Waals surface area contributed by atoms with Crippen LogP contribution in [-0.4, -0.2) is 25.4 Å². The Kier molecular flexibility index (Phi) is 6.02. The molecule has 1 unspecified atom stereocenters. The number of benzene rings is 2. The Hall–Kier alpha value is -2.03. The lowest BCUT2D eigenvalue weighted by Gasteiger charge is -2.35. The van der Waals surface area contributed by atoms with Gasteiger partial charge in [0.05, 0.1) is 20.8 Å². The number of nitrogens with zero attached hydrogens (tertiary/aromatic N) is 2. The van der Waals surface area contributed by atoms with Crippen molar-refractivity contribution in [2.24, 2.45) is 10.9 Å².